The minimum atomic E-state index is -0.835. The van der Waals surface area contributed by atoms with Crippen molar-refractivity contribution in [3.63, 3.8) is 0 Å². The molecule has 2 atom stereocenters. The monoisotopic (exact) mass is 618 g/mol. The van der Waals surface area contributed by atoms with Crippen LogP contribution in [-0.4, -0.2) is 44.2 Å². The fourth-order valence-corrected chi connectivity index (χ4v) is 5.82. The van der Waals surface area contributed by atoms with Crippen molar-refractivity contribution >= 4 is 33.7 Å². The largest absolute Gasteiger partial charge is 0.480 e. The number of carboxylic acid groups (broad SMARTS) is 2. The quantitative estimate of drug-likeness (QED) is 0.0834. The molecule has 0 aliphatic heterocycles. The Morgan fingerprint density at radius 3 is 1.39 bits per heavy atom. The fourth-order valence-electron chi connectivity index (χ4n) is 5.82. The van der Waals surface area contributed by atoms with Gasteiger partial charge in [0.2, 0.25) is 0 Å². The molecule has 2 aromatic heterocycles. The van der Waals surface area contributed by atoms with Crippen LogP contribution in [0, 0.1) is 0 Å². The standard InChI is InChI=1S/C38H42N4O4/c1-3-5-15-33(37(43)44)39-23-27-11-7-9-13-29(27)31-21-19-25-17-18-26-20-22-32(42-36(26)35(25)41-31)30-14-10-8-12-28(30)24-40-34(38(45)46)16-6-4-2/h7-14,17-22,33-34,39-40H,3-6,15-16,23-24H2,1-2H3,(H,43,44)(H,45,46)/t33-,34-/m0/s1. The van der Waals surface area contributed by atoms with Crippen LogP contribution in [-0.2, 0) is 22.7 Å². The molecular weight excluding hydrogens is 576 g/mol. The molecule has 5 aromatic rings. The van der Waals surface area contributed by atoms with Gasteiger partial charge in [-0.25, -0.2) is 9.97 Å². The summed E-state index contributed by atoms with van der Waals surface area (Å²) >= 11 is 0. The highest BCUT2D eigenvalue weighted by Crippen LogP contribution is 2.31. The molecule has 4 N–H and O–H groups in total. The Morgan fingerprint density at radius 2 is 1.00 bits per heavy atom. The Hall–Kier alpha value is -4.66. The van der Waals surface area contributed by atoms with E-state index in [1.54, 1.807) is 0 Å². The van der Waals surface area contributed by atoms with Gasteiger partial charge in [-0.15, -0.1) is 0 Å². The maximum atomic E-state index is 11.8. The summed E-state index contributed by atoms with van der Waals surface area (Å²) < 4.78 is 0. The maximum Gasteiger partial charge on any atom is 0.320 e. The third-order valence-electron chi connectivity index (χ3n) is 8.47. The molecule has 0 saturated carbocycles. The number of hydrogen-bond acceptors (Lipinski definition) is 6. The lowest BCUT2D eigenvalue weighted by atomic mass is 10.0. The van der Waals surface area contributed by atoms with Gasteiger partial charge in [0.15, 0.2) is 0 Å². The van der Waals surface area contributed by atoms with Gasteiger partial charge >= 0.3 is 11.9 Å². The SMILES string of the molecule is CCCC[C@H](NCc1ccccc1-c1ccc2ccc3ccc(-c4ccccc4CN[C@@H](CCCC)C(=O)O)nc3c2n1)C(=O)O. The topological polar surface area (TPSA) is 124 Å². The molecule has 0 saturated heterocycles. The molecule has 2 heterocycles. The van der Waals surface area contributed by atoms with Crippen LogP contribution in [0.15, 0.2) is 84.9 Å². The van der Waals surface area contributed by atoms with E-state index in [4.69, 9.17) is 9.97 Å². The summed E-state index contributed by atoms with van der Waals surface area (Å²) in [6.45, 7) is 4.95. The Bertz CT molecular complexity index is 1690. The van der Waals surface area contributed by atoms with Crippen molar-refractivity contribution in [2.24, 2.45) is 0 Å². The third kappa shape index (κ3) is 7.76. The number of nitrogens with one attached hydrogen (secondary N) is 2. The number of aliphatic carboxylic acids is 2. The van der Waals surface area contributed by atoms with Crippen LogP contribution >= 0.6 is 0 Å². The minimum Gasteiger partial charge on any atom is -0.480 e. The first-order valence-electron chi connectivity index (χ1n) is 16.2. The summed E-state index contributed by atoms with van der Waals surface area (Å²) in [5.74, 6) is -1.67. The highest BCUT2D eigenvalue weighted by Gasteiger charge is 2.19. The van der Waals surface area contributed by atoms with Gasteiger partial charge < -0.3 is 20.8 Å². The molecule has 0 fully saturated rings. The smallest absolute Gasteiger partial charge is 0.320 e. The maximum absolute atomic E-state index is 11.8. The fraction of sp³-hybridized carbons (Fsp3) is 0.316. The van der Waals surface area contributed by atoms with Crippen molar-refractivity contribution < 1.29 is 19.8 Å². The van der Waals surface area contributed by atoms with Crippen molar-refractivity contribution in [1.82, 2.24) is 20.6 Å². The molecule has 238 valence electrons. The summed E-state index contributed by atoms with van der Waals surface area (Å²) in [5.41, 5.74) is 6.99. The summed E-state index contributed by atoms with van der Waals surface area (Å²) in [4.78, 5) is 33.9. The Kier molecular flexibility index (Phi) is 11.1. The van der Waals surface area contributed by atoms with Crippen LogP contribution < -0.4 is 10.6 Å². The summed E-state index contributed by atoms with van der Waals surface area (Å²) in [5, 5.41) is 27.8. The lowest BCUT2D eigenvalue weighted by Gasteiger charge is -2.17. The number of nitrogens with zero attached hydrogens (tertiary/aromatic N) is 2. The van der Waals surface area contributed by atoms with Gasteiger partial charge in [0, 0.05) is 35.0 Å². The number of aromatic nitrogens is 2. The van der Waals surface area contributed by atoms with Gasteiger partial charge in [-0.3, -0.25) is 9.59 Å². The summed E-state index contributed by atoms with van der Waals surface area (Å²) in [6, 6.07) is 26.9. The zero-order valence-electron chi connectivity index (χ0n) is 26.5. The average molecular weight is 619 g/mol. The summed E-state index contributed by atoms with van der Waals surface area (Å²) in [6.07, 6.45) is 4.76. The van der Waals surface area contributed by atoms with Crippen molar-refractivity contribution in [3.8, 4) is 22.5 Å². The van der Waals surface area contributed by atoms with E-state index in [-0.39, 0.29) is 0 Å². The third-order valence-corrected chi connectivity index (χ3v) is 8.47. The van der Waals surface area contributed by atoms with Crippen LogP contribution in [0.3, 0.4) is 0 Å². The molecule has 0 aliphatic rings. The van der Waals surface area contributed by atoms with Gasteiger partial charge in [-0.2, -0.15) is 0 Å². The molecule has 0 unspecified atom stereocenters. The Labute approximate surface area is 269 Å². The molecule has 46 heavy (non-hydrogen) atoms. The normalized spacial score (nSPS) is 12.7. The molecule has 3 aromatic carbocycles. The van der Waals surface area contributed by atoms with Crippen molar-refractivity contribution in [1.29, 1.82) is 0 Å². The van der Waals surface area contributed by atoms with Gasteiger partial charge in [-0.05, 0) is 36.1 Å². The number of carbonyl (C=O) groups is 2. The lowest BCUT2D eigenvalue weighted by molar-refractivity contribution is -0.140. The number of fused-ring (bicyclic) bond motifs is 3. The molecule has 0 radical (unpaired) electrons. The van der Waals surface area contributed by atoms with Crippen LogP contribution in [0.25, 0.3) is 44.3 Å². The predicted molar refractivity (Wildman–Crippen MR) is 183 cm³/mol. The highest BCUT2D eigenvalue weighted by atomic mass is 16.4. The van der Waals surface area contributed by atoms with E-state index in [1.165, 1.54) is 0 Å². The summed E-state index contributed by atoms with van der Waals surface area (Å²) in [7, 11) is 0. The van der Waals surface area contributed by atoms with E-state index in [0.29, 0.717) is 25.9 Å². The zero-order chi connectivity index (χ0) is 32.5. The van der Waals surface area contributed by atoms with E-state index >= 15 is 0 Å². The van der Waals surface area contributed by atoms with Gasteiger partial charge in [0.05, 0.1) is 22.4 Å². The van der Waals surface area contributed by atoms with Crippen LogP contribution in [0.5, 0.6) is 0 Å². The second-order valence-electron chi connectivity index (χ2n) is 11.7. The second-order valence-corrected chi connectivity index (χ2v) is 11.7. The molecule has 0 amide bonds. The van der Waals surface area contributed by atoms with Crippen LogP contribution in [0.2, 0.25) is 0 Å². The first kappa shape index (κ1) is 32.7. The number of hydrogen-bond donors (Lipinski definition) is 4. The van der Waals surface area contributed by atoms with E-state index in [1.807, 2.05) is 60.7 Å². The van der Waals surface area contributed by atoms with Crippen molar-refractivity contribution in [3.05, 3.63) is 96.1 Å². The number of pyridine rings is 2. The van der Waals surface area contributed by atoms with Crippen molar-refractivity contribution in [2.75, 3.05) is 0 Å². The number of carboxylic acids is 2. The van der Waals surface area contributed by atoms with E-state index in [9.17, 15) is 19.8 Å². The minimum absolute atomic E-state index is 0.417. The highest BCUT2D eigenvalue weighted by molar-refractivity contribution is 6.04. The van der Waals surface area contributed by atoms with Crippen LogP contribution in [0.1, 0.15) is 63.5 Å². The number of unbranched alkanes of at least 4 members (excludes halogenated alkanes) is 2. The van der Waals surface area contributed by atoms with Gasteiger partial charge in [0.1, 0.15) is 12.1 Å². The number of rotatable bonds is 16. The second kappa shape index (κ2) is 15.6. The van der Waals surface area contributed by atoms with E-state index in [0.717, 1.165) is 81.1 Å². The average Bonchev–Trinajstić information content (AvgIpc) is 3.07. The molecule has 5 rings (SSSR count). The lowest BCUT2D eigenvalue weighted by Crippen LogP contribution is -2.36. The Balaban J connectivity index is 1.48. The molecule has 8 heteroatoms. The molecule has 8 nitrogen and oxygen atoms in total. The Morgan fingerprint density at radius 1 is 0.609 bits per heavy atom. The molecule has 0 bridgehead atoms. The van der Waals surface area contributed by atoms with Gasteiger partial charge in [0.25, 0.3) is 0 Å². The molecule has 0 spiro atoms. The van der Waals surface area contributed by atoms with Crippen molar-refractivity contribution in [2.45, 2.75) is 77.5 Å². The molecular formula is C38H42N4O4. The van der Waals surface area contributed by atoms with Crippen LogP contribution in [0.4, 0.5) is 0 Å². The molecule has 0 aliphatic carbocycles. The first-order valence-corrected chi connectivity index (χ1v) is 16.2. The van der Waals surface area contributed by atoms with E-state index in [2.05, 4.69) is 48.7 Å². The first-order chi connectivity index (χ1) is 22.4. The zero-order valence-corrected chi connectivity index (χ0v) is 26.5. The van der Waals surface area contributed by atoms with Gasteiger partial charge in [-0.1, -0.05) is 112 Å². The van der Waals surface area contributed by atoms with E-state index < -0.39 is 24.0 Å². The predicted octanol–water partition coefficient (Wildman–Crippen LogP) is 7.58. The number of benzene rings is 3.